The van der Waals surface area contributed by atoms with Gasteiger partial charge < -0.3 is 15.0 Å². The van der Waals surface area contributed by atoms with E-state index in [0.29, 0.717) is 30.3 Å². The van der Waals surface area contributed by atoms with Crippen molar-refractivity contribution in [1.29, 1.82) is 0 Å². The number of carbonyl (C=O) groups is 2. The monoisotopic (exact) mass is 330 g/mol. The SMILES string of the molecule is CCCN(CC(=O)Nc1ccccc1OC)C(=O)CC1C=CCC1. The molecule has 0 fully saturated rings. The third-order valence-electron chi connectivity index (χ3n) is 4.11. The number of hydrogen-bond donors (Lipinski definition) is 1. The Kier molecular flexibility index (Phi) is 6.85. The lowest BCUT2D eigenvalue weighted by atomic mass is 10.0. The Morgan fingerprint density at radius 1 is 1.33 bits per heavy atom. The Morgan fingerprint density at radius 2 is 2.12 bits per heavy atom. The van der Waals surface area contributed by atoms with Crippen LogP contribution in [0.3, 0.4) is 0 Å². The Bertz CT molecular complexity index is 598. The molecule has 0 bridgehead atoms. The first-order valence-electron chi connectivity index (χ1n) is 8.51. The van der Waals surface area contributed by atoms with Crippen molar-refractivity contribution in [2.75, 3.05) is 25.5 Å². The van der Waals surface area contributed by atoms with E-state index in [1.54, 1.807) is 24.1 Å². The highest BCUT2D eigenvalue weighted by molar-refractivity contribution is 5.95. The van der Waals surface area contributed by atoms with Gasteiger partial charge in [-0.1, -0.05) is 31.2 Å². The quantitative estimate of drug-likeness (QED) is 0.745. The zero-order chi connectivity index (χ0) is 17.4. The molecule has 5 nitrogen and oxygen atoms in total. The van der Waals surface area contributed by atoms with Crippen molar-refractivity contribution in [3.05, 3.63) is 36.4 Å². The minimum Gasteiger partial charge on any atom is -0.495 e. The van der Waals surface area contributed by atoms with E-state index in [2.05, 4.69) is 17.5 Å². The van der Waals surface area contributed by atoms with Gasteiger partial charge in [-0.25, -0.2) is 0 Å². The van der Waals surface area contributed by atoms with Gasteiger partial charge in [-0.05, 0) is 37.3 Å². The highest BCUT2D eigenvalue weighted by Gasteiger charge is 2.21. The standard InChI is InChI=1S/C19H26N2O3/c1-3-12-21(19(23)13-15-8-4-5-9-15)14-18(22)20-16-10-6-7-11-17(16)24-2/h4,6-8,10-11,15H,3,5,9,12-14H2,1-2H3,(H,20,22). The summed E-state index contributed by atoms with van der Waals surface area (Å²) in [6.07, 6.45) is 7.61. The lowest BCUT2D eigenvalue weighted by molar-refractivity contribution is -0.135. The smallest absolute Gasteiger partial charge is 0.244 e. The first-order chi connectivity index (χ1) is 11.6. The van der Waals surface area contributed by atoms with E-state index in [1.807, 2.05) is 19.1 Å². The van der Waals surface area contributed by atoms with Crippen molar-refractivity contribution in [3.63, 3.8) is 0 Å². The van der Waals surface area contributed by atoms with Crippen molar-refractivity contribution >= 4 is 17.5 Å². The van der Waals surface area contributed by atoms with Crippen molar-refractivity contribution in [3.8, 4) is 5.75 Å². The second-order valence-corrected chi connectivity index (χ2v) is 6.03. The summed E-state index contributed by atoms with van der Waals surface area (Å²) in [5.41, 5.74) is 0.618. The molecule has 0 aliphatic heterocycles. The van der Waals surface area contributed by atoms with Gasteiger partial charge in [-0.3, -0.25) is 9.59 Å². The number of anilines is 1. The minimum absolute atomic E-state index is 0.0450. The first kappa shape index (κ1) is 18.0. The van der Waals surface area contributed by atoms with Gasteiger partial charge >= 0.3 is 0 Å². The molecule has 0 heterocycles. The largest absolute Gasteiger partial charge is 0.495 e. The lowest BCUT2D eigenvalue weighted by Gasteiger charge is -2.23. The van der Waals surface area contributed by atoms with Gasteiger partial charge in [-0.2, -0.15) is 0 Å². The fourth-order valence-corrected chi connectivity index (χ4v) is 2.89. The summed E-state index contributed by atoms with van der Waals surface area (Å²) in [7, 11) is 1.56. The maximum Gasteiger partial charge on any atom is 0.244 e. The van der Waals surface area contributed by atoms with Crippen LogP contribution in [0.25, 0.3) is 0 Å². The van der Waals surface area contributed by atoms with Crippen molar-refractivity contribution in [2.45, 2.75) is 32.6 Å². The number of allylic oxidation sites excluding steroid dienone is 2. The lowest BCUT2D eigenvalue weighted by Crippen LogP contribution is -2.39. The summed E-state index contributed by atoms with van der Waals surface area (Å²) >= 11 is 0. The summed E-state index contributed by atoms with van der Waals surface area (Å²) in [6, 6.07) is 7.25. The summed E-state index contributed by atoms with van der Waals surface area (Å²) in [4.78, 5) is 26.5. The zero-order valence-electron chi connectivity index (χ0n) is 14.5. The van der Waals surface area contributed by atoms with Crippen molar-refractivity contribution in [2.24, 2.45) is 5.92 Å². The fourth-order valence-electron chi connectivity index (χ4n) is 2.89. The zero-order valence-corrected chi connectivity index (χ0v) is 14.5. The molecule has 1 N–H and O–H groups in total. The number of benzene rings is 1. The van der Waals surface area contributed by atoms with Gasteiger partial charge in [0.05, 0.1) is 19.3 Å². The van der Waals surface area contributed by atoms with E-state index in [1.165, 1.54) is 0 Å². The Hall–Kier alpha value is -2.30. The van der Waals surface area contributed by atoms with Gasteiger partial charge in [0.25, 0.3) is 0 Å². The van der Waals surface area contributed by atoms with E-state index >= 15 is 0 Å². The molecular formula is C19H26N2O3. The van der Waals surface area contributed by atoms with Crippen LogP contribution in [0.5, 0.6) is 5.75 Å². The summed E-state index contributed by atoms with van der Waals surface area (Å²) in [5, 5.41) is 2.83. The molecule has 0 aromatic heterocycles. The van der Waals surface area contributed by atoms with Crippen LogP contribution >= 0.6 is 0 Å². The van der Waals surface area contributed by atoms with Crippen LogP contribution in [0.15, 0.2) is 36.4 Å². The predicted octanol–water partition coefficient (Wildman–Crippen LogP) is 3.23. The molecule has 0 spiro atoms. The number of para-hydroxylation sites is 2. The topological polar surface area (TPSA) is 58.6 Å². The Morgan fingerprint density at radius 3 is 2.79 bits per heavy atom. The second-order valence-electron chi connectivity index (χ2n) is 6.03. The molecule has 130 valence electrons. The highest BCUT2D eigenvalue weighted by Crippen LogP contribution is 2.23. The number of nitrogens with zero attached hydrogens (tertiary/aromatic N) is 1. The number of methoxy groups -OCH3 is 1. The van der Waals surface area contributed by atoms with E-state index in [-0.39, 0.29) is 18.4 Å². The molecule has 5 heteroatoms. The van der Waals surface area contributed by atoms with Gasteiger partial charge in [0.2, 0.25) is 11.8 Å². The number of amides is 2. The minimum atomic E-state index is -0.205. The first-order valence-corrected chi connectivity index (χ1v) is 8.51. The molecule has 0 saturated heterocycles. The van der Waals surface area contributed by atoms with Crippen LogP contribution in [-0.4, -0.2) is 36.9 Å². The number of ether oxygens (including phenoxy) is 1. The summed E-state index contributed by atoms with van der Waals surface area (Å²) < 4.78 is 5.23. The van der Waals surface area contributed by atoms with E-state index < -0.39 is 0 Å². The molecular weight excluding hydrogens is 304 g/mol. The molecule has 1 aromatic carbocycles. The van der Waals surface area contributed by atoms with Crippen molar-refractivity contribution < 1.29 is 14.3 Å². The van der Waals surface area contributed by atoms with Gasteiger partial charge in [-0.15, -0.1) is 0 Å². The molecule has 1 aliphatic rings. The van der Waals surface area contributed by atoms with Crippen LogP contribution in [0.4, 0.5) is 5.69 Å². The van der Waals surface area contributed by atoms with Crippen molar-refractivity contribution in [1.82, 2.24) is 4.90 Å². The summed E-state index contributed by atoms with van der Waals surface area (Å²) in [6.45, 7) is 2.67. The predicted molar refractivity (Wildman–Crippen MR) is 95.0 cm³/mol. The second kappa shape index (κ2) is 9.11. The number of hydrogen-bond acceptors (Lipinski definition) is 3. The molecule has 2 rings (SSSR count). The third kappa shape index (κ3) is 5.11. The molecule has 1 atom stereocenters. The number of nitrogens with one attached hydrogen (secondary N) is 1. The van der Waals surface area contributed by atoms with E-state index in [0.717, 1.165) is 19.3 Å². The van der Waals surface area contributed by atoms with Crippen LogP contribution in [-0.2, 0) is 9.59 Å². The van der Waals surface area contributed by atoms with Gasteiger partial charge in [0.1, 0.15) is 5.75 Å². The van der Waals surface area contributed by atoms with Crippen LogP contribution in [0.2, 0.25) is 0 Å². The van der Waals surface area contributed by atoms with Crippen LogP contribution in [0.1, 0.15) is 32.6 Å². The van der Waals surface area contributed by atoms with E-state index in [4.69, 9.17) is 4.74 Å². The highest BCUT2D eigenvalue weighted by atomic mass is 16.5. The average Bonchev–Trinajstić information content (AvgIpc) is 3.08. The maximum atomic E-state index is 12.5. The molecule has 0 saturated carbocycles. The van der Waals surface area contributed by atoms with Crippen LogP contribution in [0, 0.1) is 5.92 Å². The molecule has 0 radical (unpaired) electrons. The third-order valence-corrected chi connectivity index (χ3v) is 4.11. The van der Waals surface area contributed by atoms with Gasteiger partial charge in [0, 0.05) is 13.0 Å². The van der Waals surface area contributed by atoms with Gasteiger partial charge in [0.15, 0.2) is 0 Å². The Labute approximate surface area is 143 Å². The normalized spacial score (nSPS) is 16.0. The summed E-state index contributed by atoms with van der Waals surface area (Å²) in [5.74, 6) is 0.760. The average molecular weight is 330 g/mol. The molecule has 24 heavy (non-hydrogen) atoms. The Balaban J connectivity index is 1.94. The van der Waals surface area contributed by atoms with Crippen LogP contribution < -0.4 is 10.1 Å². The number of rotatable bonds is 8. The molecule has 1 aromatic rings. The molecule has 2 amide bonds. The molecule has 1 aliphatic carbocycles. The van der Waals surface area contributed by atoms with E-state index in [9.17, 15) is 9.59 Å². The fraction of sp³-hybridized carbons (Fsp3) is 0.474. The number of carbonyl (C=O) groups excluding carboxylic acids is 2. The molecule has 1 unspecified atom stereocenters. The maximum absolute atomic E-state index is 12.5.